The molecule has 0 spiro atoms. The first-order chi connectivity index (χ1) is 13.0. The van der Waals surface area contributed by atoms with Crippen LogP contribution in [0.3, 0.4) is 0 Å². The van der Waals surface area contributed by atoms with Crippen molar-refractivity contribution >= 4 is 21.7 Å². The van der Waals surface area contributed by atoms with Crippen LogP contribution in [0.4, 0.5) is 13.2 Å². The molecule has 0 aromatic heterocycles. The van der Waals surface area contributed by atoms with Gasteiger partial charge in [-0.05, 0) is 44.7 Å². The van der Waals surface area contributed by atoms with Crippen LogP contribution in [0, 0.1) is 5.92 Å². The minimum absolute atomic E-state index is 0.0165. The normalized spacial score (nSPS) is 20.6. The van der Waals surface area contributed by atoms with E-state index in [0.29, 0.717) is 5.56 Å². The molecule has 0 radical (unpaired) electrons. The van der Waals surface area contributed by atoms with Crippen molar-refractivity contribution in [2.75, 3.05) is 6.54 Å². The number of ketones is 1. The summed E-state index contributed by atoms with van der Waals surface area (Å²) in [7, 11) is -3.82. The summed E-state index contributed by atoms with van der Waals surface area (Å²) in [6.07, 6.45) is -3.84. The number of carbonyl (C=O) groups is 2. The Morgan fingerprint density at radius 1 is 1.07 bits per heavy atom. The number of nitrogens with one attached hydrogen (secondary N) is 2. The summed E-state index contributed by atoms with van der Waals surface area (Å²) in [6.45, 7) is 1.23. The molecular formula is C18H23F3N2O4S. The zero-order valence-corrected chi connectivity index (χ0v) is 16.2. The van der Waals surface area contributed by atoms with Crippen LogP contribution >= 0.6 is 0 Å². The molecule has 0 aliphatic heterocycles. The van der Waals surface area contributed by atoms with Gasteiger partial charge in [0, 0.05) is 24.6 Å². The summed E-state index contributed by atoms with van der Waals surface area (Å²) in [5.41, 5.74) is 0.388. The lowest BCUT2D eigenvalue weighted by molar-refractivity contribution is -0.182. The fourth-order valence-electron chi connectivity index (χ4n) is 3.12. The topological polar surface area (TPSA) is 92.3 Å². The molecule has 6 nitrogen and oxygen atoms in total. The van der Waals surface area contributed by atoms with E-state index in [1.807, 2.05) is 0 Å². The van der Waals surface area contributed by atoms with Gasteiger partial charge in [-0.3, -0.25) is 9.59 Å². The zero-order chi connectivity index (χ0) is 20.9. The molecule has 1 aromatic carbocycles. The molecule has 1 aromatic rings. The monoisotopic (exact) mass is 420 g/mol. The van der Waals surface area contributed by atoms with Gasteiger partial charge < -0.3 is 5.32 Å². The van der Waals surface area contributed by atoms with Crippen molar-refractivity contribution in [3.8, 4) is 0 Å². The molecule has 2 rings (SSSR count). The Morgan fingerprint density at radius 2 is 1.64 bits per heavy atom. The molecule has 0 saturated heterocycles. The van der Waals surface area contributed by atoms with Crippen molar-refractivity contribution in [2.24, 2.45) is 5.92 Å². The van der Waals surface area contributed by atoms with Crippen LogP contribution in [0.2, 0.25) is 0 Å². The van der Waals surface area contributed by atoms with Crippen molar-refractivity contribution in [1.82, 2.24) is 10.0 Å². The maximum Gasteiger partial charge on any atom is 0.391 e. The van der Waals surface area contributed by atoms with Crippen LogP contribution < -0.4 is 10.0 Å². The second-order valence-corrected chi connectivity index (χ2v) is 8.65. The highest BCUT2D eigenvalue weighted by Crippen LogP contribution is 2.37. The molecule has 0 bridgehead atoms. The molecule has 0 atom stereocenters. The lowest BCUT2D eigenvalue weighted by atomic mass is 9.85. The largest absolute Gasteiger partial charge is 0.391 e. The van der Waals surface area contributed by atoms with Crippen molar-refractivity contribution in [1.29, 1.82) is 0 Å². The van der Waals surface area contributed by atoms with Crippen LogP contribution in [0.1, 0.15) is 49.4 Å². The SMILES string of the molecule is CC(=O)c1ccc(S(=O)(=O)NCCC(=O)NC2CCC(C(F)(F)F)CC2)cc1. The van der Waals surface area contributed by atoms with Crippen LogP contribution in [-0.4, -0.2) is 38.9 Å². The van der Waals surface area contributed by atoms with Gasteiger partial charge in [0.1, 0.15) is 0 Å². The van der Waals surface area contributed by atoms with Crippen molar-refractivity contribution in [3.05, 3.63) is 29.8 Å². The van der Waals surface area contributed by atoms with E-state index in [0.717, 1.165) is 0 Å². The summed E-state index contributed by atoms with van der Waals surface area (Å²) in [5, 5.41) is 2.66. The lowest BCUT2D eigenvalue weighted by Gasteiger charge is -2.30. The first-order valence-electron chi connectivity index (χ1n) is 8.96. The van der Waals surface area contributed by atoms with Crippen LogP contribution in [0.25, 0.3) is 0 Å². The number of halogens is 3. The summed E-state index contributed by atoms with van der Waals surface area (Å²) >= 11 is 0. The van der Waals surface area contributed by atoms with Crippen LogP contribution in [0.15, 0.2) is 29.2 Å². The first-order valence-corrected chi connectivity index (χ1v) is 10.4. The van der Waals surface area contributed by atoms with Gasteiger partial charge in [0.05, 0.1) is 10.8 Å². The number of carbonyl (C=O) groups excluding carboxylic acids is 2. The molecule has 28 heavy (non-hydrogen) atoms. The maximum atomic E-state index is 12.6. The minimum atomic E-state index is -4.20. The Hall–Kier alpha value is -1.94. The van der Waals surface area contributed by atoms with Gasteiger partial charge in [-0.1, -0.05) is 12.1 Å². The third-order valence-electron chi connectivity index (χ3n) is 4.77. The highest BCUT2D eigenvalue weighted by Gasteiger charge is 2.41. The number of amides is 1. The average molecular weight is 420 g/mol. The van der Waals surface area contributed by atoms with Gasteiger partial charge >= 0.3 is 6.18 Å². The molecule has 1 aliphatic carbocycles. The Kier molecular flexibility index (Phi) is 7.22. The standard InChI is InChI=1S/C18H23F3N2O4S/c1-12(24)13-2-8-16(9-3-13)28(26,27)22-11-10-17(25)23-15-6-4-14(5-7-15)18(19,20)21/h2-3,8-9,14-15,22H,4-7,10-11H2,1H3,(H,23,25). The summed E-state index contributed by atoms with van der Waals surface area (Å²) < 4.78 is 64.6. The predicted molar refractivity (Wildman–Crippen MR) is 96.2 cm³/mol. The Labute approximate surface area is 161 Å². The van der Waals surface area contributed by atoms with Crippen LogP contribution in [-0.2, 0) is 14.8 Å². The van der Waals surface area contributed by atoms with Gasteiger partial charge in [0.25, 0.3) is 0 Å². The summed E-state index contributed by atoms with van der Waals surface area (Å²) in [4.78, 5) is 23.1. The van der Waals surface area contributed by atoms with Gasteiger partial charge in [-0.2, -0.15) is 13.2 Å². The van der Waals surface area contributed by atoms with E-state index < -0.39 is 28.0 Å². The smallest absolute Gasteiger partial charge is 0.353 e. The van der Waals surface area contributed by atoms with Crippen LogP contribution in [0.5, 0.6) is 0 Å². The Balaban J connectivity index is 1.76. The Bertz CT molecular complexity index is 799. The third kappa shape index (κ3) is 6.30. The molecule has 1 aliphatic rings. The molecule has 0 unspecified atom stereocenters. The summed E-state index contributed by atoms with van der Waals surface area (Å²) in [5.74, 6) is -1.91. The molecule has 2 N–H and O–H groups in total. The molecule has 1 saturated carbocycles. The van der Waals surface area contributed by atoms with Crippen molar-refractivity contribution in [3.63, 3.8) is 0 Å². The number of hydrogen-bond acceptors (Lipinski definition) is 4. The van der Waals surface area contributed by atoms with E-state index in [4.69, 9.17) is 0 Å². The van der Waals surface area contributed by atoms with Gasteiger partial charge in [-0.25, -0.2) is 13.1 Å². The quantitative estimate of drug-likeness (QED) is 0.664. The number of Topliss-reactive ketones (excluding diaryl/α,β-unsaturated/α-hetero) is 1. The van der Waals surface area contributed by atoms with E-state index >= 15 is 0 Å². The fraction of sp³-hybridized carbons (Fsp3) is 0.556. The van der Waals surface area contributed by atoms with E-state index in [-0.39, 0.29) is 55.4 Å². The number of rotatable bonds is 7. The van der Waals surface area contributed by atoms with Gasteiger partial charge in [0.2, 0.25) is 15.9 Å². The number of benzene rings is 1. The minimum Gasteiger partial charge on any atom is -0.353 e. The highest BCUT2D eigenvalue weighted by molar-refractivity contribution is 7.89. The maximum absolute atomic E-state index is 12.6. The van der Waals surface area contributed by atoms with Crippen molar-refractivity contribution < 1.29 is 31.2 Å². The third-order valence-corrected chi connectivity index (χ3v) is 6.25. The Morgan fingerprint density at radius 3 is 2.14 bits per heavy atom. The van der Waals surface area contributed by atoms with E-state index in [1.54, 1.807) is 0 Å². The molecular weight excluding hydrogens is 397 g/mol. The highest BCUT2D eigenvalue weighted by atomic mass is 32.2. The van der Waals surface area contributed by atoms with E-state index in [2.05, 4.69) is 10.0 Å². The van der Waals surface area contributed by atoms with Gasteiger partial charge in [0.15, 0.2) is 5.78 Å². The predicted octanol–water partition coefficient (Wildman–Crippen LogP) is 2.79. The second kappa shape index (κ2) is 9.04. The molecule has 10 heteroatoms. The van der Waals surface area contributed by atoms with Crippen molar-refractivity contribution in [2.45, 2.75) is 56.1 Å². The van der Waals surface area contributed by atoms with E-state index in [9.17, 15) is 31.2 Å². The fourth-order valence-corrected chi connectivity index (χ4v) is 4.15. The summed E-state index contributed by atoms with van der Waals surface area (Å²) in [6, 6.07) is 5.10. The molecule has 1 fully saturated rings. The first kappa shape index (κ1) is 22.4. The zero-order valence-electron chi connectivity index (χ0n) is 15.4. The number of hydrogen-bond donors (Lipinski definition) is 2. The molecule has 1 amide bonds. The van der Waals surface area contributed by atoms with E-state index in [1.165, 1.54) is 31.2 Å². The van der Waals surface area contributed by atoms with Gasteiger partial charge in [-0.15, -0.1) is 0 Å². The number of sulfonamides is 1. The average Bonchev–Trinajstić information content (AvgIpc) is 2.61. The lowest BCUT2D eigenvalue weighted by Crippen LogP contribution is -2.41. The second-order valence-electron chi connectivity index (χ2n) is 6.89. The molecule has 0 heterocycles. The molecule has 156 valence electrons. The number of alkyl halides is 3.